The van der Waals surface area contributed by atoms with E-state index in [2.05, 4.69) is 21.8 Å². The first-order valence-corrected chi connectivity index (χ1v) is 6.58. The van der Waals surface area contributed by atoms with Gasteiger partial charge in [-0.2, -0.15) is 0 Å². The lowest BCUT2D eigenvalue weighted by molar-refractivity contribution is -0.117. The predicted molar refractivity (Wildman–Crippen MR) is 67.9 cm³/mol. The van der Waals surface area contributed by atoms with Gasteiger partial charge in [0.15, 0.2) is 0 Å². The van der Waals surface area contributed by atoms with Gasteiger partial charge in [-0.15, -0.1) is 5.10 Å². The number of carbonyl (C=O) groups is 1. The van der Waals surface area contributed by atoms with Crippen LogP contribution in [0, 0.1) is 11.8 Å². The van der Waals surface area contributed by atoms with Crippen molar-refractivity contribution >= 4 is 33.3 Å². The summed E-state index contributed by atoms with van der Waals surface area (Å²) in [6, 6.07) is 5.70. The number of nitrogens with zero attached hydrogens (tertiary/aromatic N) is 2. The average Bonchev–Trinajstić information content (AvgIpc) is 2.99. The number of benzene rings is 1. The zero-order chi connectivity index (χ0) is 11.8. The Morgan fingerprint density at radius 3 is 3.24 bits per heavy atom. The Kier molecular flexibility index (Phi) is 2.55. The number of anilines is 1. The topological polar surface area (TPSA) is 54.9 Å². The molecule has 1 aromatic carbocycles. The molecule has 1 unspecified atom stereocenters. The monoisotopic (exact) mass is 247 g/mol. The number of nitrogens with one attached hydrogen (secondary N) is 1. The van der Waals surface area contributed by atoms with Crippen molar-refractivity contribution < 1.29 is 4.79 Å². The Morgan fingerprint density at radius 2 is 2.47 bits per heavy atom. The van der Waals surface area contributed by atoms with Gasteiger partial charge in [-0.3, -0.25) is 4.79 Å². The summed E-state index contributed by atoms with van der Waals surface area (Å²) in [5.74, 6) is 0.952. The van der Waals surface area contributed by atoms with Crippen molar-refractivity contribution in [2.45, 2.75) is 19.8 Å². The molecular weight excluding hydrogens is 234 g/mol. The van der Waals surface area contributed by atoms with Crippen LogP contribution in [-0.4, -0.2) is 15.5 Å². The zero-order valence-electron chi connectivity index (χ0n) is 9.51. The Labute approximate surface area is 103 Å². The predicted octanol–water partition coefficient (Wildman–Crippen LogP) is 2.68. The third kappa shape index (κ3) is 2.02. The van der Waals surface area contributed by atoms with Crippen molar-refractivity contribution in [1.82, 2.24) is 9.59 Å². The van der Waals surface area contributed by atoms with Crippen LogP contribution in [0.2, 0.25) is 0 Å². The van der Waals surface area contributed by atoms with Crippen molar-refractivity contribution in [3.63, 3.8) is 0 Å². The van der Waals surface area contributed by atoms with E-state index in [1.54, 1.807) is 0 Å². The standard InChI is InChI=1S/C12H13N3OS/c1-2-7-5-9(7)12(16)13-8-3-4-10-11(6-8)17-15-14-10/h3-4,6-7,9H,2,5H2,1H3,(H,13,16)/t7?,9-/m1/s1. The minimum absolute atomic E-state index is 0.147. The van der Waals surface area contributed by atoms with Gasteiger partial charge in [-0.25, -0.2) is 0 Å². The summed E-state index contributed by atoms with van der Waals surface area (Å²) in [5, 5.41) is 6.93. The second kappa shape index (κ2) is 4.07. The quantitative estimate of drug-likeness (QED) is 0.907. The lowest BCUT2D eigenvalue weighted by atomic mass is 10.2. The smallest absolute Gasteiger partial charge is 0.227 e. The summed E-state index contributed by atoms with van der Waals surface area (Å²) in [4.78, 5) is 11.9. The van der Waals surface area contributed by atoms with Crippen LogP contribution >= 0.6 is 11.5 Å². The fraction of sp³-hybridized carbons (Fsp3) is 0.417. The molecule has 0 radical (unpaired) electrons. The van der Waals surface area contributed by atoms with Gasteiger partial charge in [0.1, 0.15) is 5.52 Å². The molecule has 1 amide bonds. The van der Waals surface area contributed by atoms with Crippen LogP contribution in [0.4, 0.5) is 5.69 Å². The van der Waals surface area contributed by atoms with Gasteiger partial charge in [-0.1, -0.05) is 17.8 Å². The van der Waals surface area contributed by atoms with Gasteiger partial charge in [0.05, 0.1) is 4.70 Å². The first kappa shape index (κ1) is 10.7. The maximum Gasteiger partial charge on any atom is 0.227 e. The molecule has 88 valence electrons. The van der Waals surface area contributed by atoms with Crippen molar-refractivity contribution in [1.29, 1.82) is 0 Å². The fourth-order valence-electron chi connectivity index (χ4n) is 2.11. The number of rotatable bonds is 3. The van der Waals surface area contributed by atoms with Crippen LogP contribution in [0.15, 0.2) is 18.2 Å². The molecule has 0 bridgehead atoms. The highest BCUT2D eigenvalue weighted by Gasteiger charge is 2.41. The Balaban J connectivity index is 1.74. The van der Waals surface area contributed by atoms with E-state index in [1.807, 2.05) is 18.2 Å². The second-order valence-corrected chi connectivity index (χ2v) is 5.24. The lowest BCUT2D eigenvalue weighted by Gasteiger charge is -2.04. The van der Waals surface area contributed by atoms with Gasteiger partial charge in [0.25, 0.3) is 0 Å². The van der Waals surface area contributed by atoms with Gasteiger partial charge in [0.2, 0.25) is 5.91 Å². The molecule has 1 saturated carbocycles. The van der Waals surface area contributed by atoms with E-state index in [9.17, 15) is 4.79 Å². The molecule has 3 rings (SSSR count). The number of fused-ring (bicyclic) bond motifs is 1. The van der Waals surface area contributed by atoms with Crippen molar-refractivity contribution in [2.75, 3.05) is 5.32 Å². The Bertz CT molecular complexity index is 566. The molecule has 0 spiro atoms. The maximum atomic E-state index is 11.9. The van der Waals surface area contributed by atoms with Crippen LogP contribution in [0.25, 0.3) is 10.2 Å². The van der Waals surface area contributed by atoms with E-state index in [4.69, 9.17) is 0 Å². The number of hydrogen-bond acceptors (Lipinski definition) is 4. The molecule has 1 heterocycles. The third-order valence-electron chi connectivity index (χ3n) is 3.30. The molecule has 1 aromatic heterocycles. The molecule has 0 aliphatic heterocycles. The highest BCUT2D eigenvalue weighted by Crippen LogP contribution is 2.41. The first-order valence-electron chi connectivity index (χ1n) is 5.81. The molecule has 2 aromatic rings. The van der Waals surface area contributed by atoms with Gasteiger partial charge < -0.3 is 5.32 Å². The second-order valence-electron chi connectivity index (χ2n) is 4.46. The van der Waals surface area contributed by atoms with Gasteiger partial charge in [0, 0.05) is 11.6 Å². The van der Waals surface area contributed by atoms with E-state index in [-0.39, 0.29) is 11.8 Å². The molecular formula is C12H13N3OS. The Morgan fingerprint density at radius 1 is 1.59 bits per heavy atom. The normalized spacial score (nSPS) is 22.6. The van der Waals surface area contributed by atoms with E-state index in [0.29, 0.717) is 5.92 Å². The third-order valence-corrected chi connectivity index (χ3v) is 3.99. The maximum absolute atomic E-state index is 11.9. The van der Waals surface area contributed by atoms with Gasteiger partial charge in [-0.05, 0) is 42.1 Å². The lowest BCUT2D eigenvalue weighted by Crippen LogP contribution is -2.14. The summed E-state index contributed by atoms with van der Waals surface area (Å²) in [6.07, 6.45) is 2.13. The number of aromatic nitrogens is 2. The highest BCUT2D eigenvalue weighted by atomic mass is 32.1. The molecule has 1 aliphatic rings. The average molecular weight is 247 g/mol. The van der Waals surface area contributed by atoms with Crippen molar-refractivity contribution in [3.8, 4) is 0 Å². The minimum atomic E-state index is 0.147. The molecule has 17 heavy (non-hydrogen) atoms. The van der Waals surface area contributed by atoms with Crippen LogP contribution < -0.4 is 5.32 Å². The summed E-state index contributed by atoms with van der Waals surface area (Å²) in [7, 11) is 0. The molecule has 1 aliphatic carbocycles. The Hall–Kier alpha value is -1.49. The number of hydrogen-bond donors (Lipinski definition) is 1. The highest BCUT2D eigenvalue weighted by molar-refractivity contribution is 7.12. The largest absolute Gasteiger partial charge is 0.326 e. The molecule has 1 fully saturated rings. The van der Waals surface area contributed by atoms with Crippen LogP contribution in [-0.2, 0) is 4.79 Å². The summed E-state index contributed by atoms with van der Waals surface area (Å²) >= 11 is 1.35. The summed E-state index contributed by atoms with van der Waals surface area (Å²) in [6.45, 7) is 2.13. The van der Waals surface area contributed by atoms with E-state index >= 15 is 0 Å². The van der Waals surface area contributed by atoms with Crippen LogP contribution in [0.5, 0.6) is 0 Å². The van der Waals surface area contributed by atoms with Crippen molar-refractivity contribution in [3.05, 3.63) is 18.2 Å². The zero-order valence-corrected chi connectivity index (χ0v) is 10.3. The number of carbonyl (C=O) groups excluding carboxylic acids is 1. The molecule has 2 atom stereocenters. The SMILES string of the molecule is CCC1C[C@H]1C(=O)Nc1ccc2nnsc2c1. The molecule has 0 saturated heterocycles. The summed E-state index contributed by atoms with van der Waals surface area (Å²) < 4.78 is 4.88. The van der Waals surface area contributed by atoms with Gasteiger partial charge >= 0.3 is 0 Å². The van der Waals surface area contributed by atoms with Crippen LogP contribution in [0.1, 0.15) is 19.8 Å². The van der Waals surface area contributed by atoms with E-state index < -0.39 is 0 Å². The first-order chi connectivity index (χ1) is 8.28. The minimum Gasteiger partial charge on any atom is -0.326 e. The molecule has 5 heteroatoms. The van der Waals surface area contributed by atoms with E-state index in [1.165, 1.54) is 11.5 Å². The number of amides is 1. The van der Waals surface area contributed by atoms with Crippen LogP contribution in [0.3, 0.4) is 0 Å². The molecule has 1 N–H and O–H groups in total. The fourth-order valence-corrected chi connectivity index (χ4v) is 2.71. The van der Waals surface area contributed by atoms with E-state index in [0.717, 1.165) is 28.7 Å². The summed E-state index contributed by atoms with van der Waals surface area (Å²) in [5.41, 5.74) is 1.72. The molecule has 4 nitrogen and oxygen atoms in total. The van der Waals surface area contributed by atoms with Crippen molar-refractivity contribution in [2.24, 2.45) is 11.8 Å².